The molecule has 0 aliphatic carbocycles. The summed E-state index contributed by atoms with van der Waals surface area (Å²) < 4.78 is 56.5. The third kappa shape index (κ3) is 9.09. The number of hydrogen-bond donors (Lipinski definition) is 5. The van der Waals surface area contributed by atoms with Crippen LogP contribution in [0.1, 0.15) is 45.3 Å². The topological polar surface area (TPSA) is 231 Å². The Hall–Kier alpha value is -7.05. The number of aliphatic carboxylic acids is 2. The van der Waals surface area contributed by atoms with Crippen molar-refractivity contribution in [3.63, 3.8) is 0 Å². The van der Waals surface area contributed by atoms with Crippen molar-refractivity contribution in [3.8, 4) is 23.0 Å². The Labute approximate surface area is 448 Å². The maximum atomic E-state index is 16.2. The van der Waals surface area contributed by atoms with Crippen molar-refractivity contribution in [1.82, 2.24) is 20.4 Å². The number of thiophene rings is 1. The molecule has 8 heterocycles. The highest BCUT2D eigenvalue weighted by Crippen LogP contribution is 2.58. The number of nitrogens with zero attached hydrogens (tertiary/aromatic N) is 2. The number of hydrogen-bond acceptors (Lipinski definition) is 16. The van der Waals surface area contributed by atoms with Crippen LogP contribution in [0.3, 0.4) is 0 Å². The largest absolute Gasteiger partial charge is 0.486 e. The summed E-state index contributed by atoms with van der Waals surface area (Å²) in [6.07, 6.45) is 6.94. The first-order chi connectivity index (χ1) is 36.6. The molecule has 4 aromatic rings. The van der Waals surface area contributed by atoms with Gasteiger partial charge in [0.15, 0.2) is 35.0 Å². The van der Waals surface area contributed by atoms with Crippen molar-refractivity contribution in [2.75, 3.05) is 30.5 Å². The number of carboxylic acid groups (broad SMARTS) is 2. The van der Waals surface area contributed by atoms with Crippen LogP contribution in [0, 0.1) is 17.6 Å². The minimum atomic E-state index is -1.88. The number of amides is 3. The van der Waals surface area contributed by atoms with E-state index in [9.17, 15) is 44.1 Å². The predicted octanol–water partition coefficient (Wildman–Crippen LogP) is 6.63. The van der Waals surface area contributed by atoms with E-state index in [4.69, 9.17) is 18.9 Å². The van der Waals surface area contributed by atoms with Gasteiger partial charge in [-0.25, -0.2) is 23.2 Å². The number of allylic oxidation sites excluding steroid dienone is 3. The Morgan fingerprint density at radius 1 is 0.816 bits per heavy atom. The molecule has 1 aromatic heterocycles. The average Bonchev–Trinajstić information content (AvgIpc) is 4.24. The van der Waals surface area contributed by atoms with Crippen LogP contribution in [0.15, 0.2) is 124 Å². The molecule has 2 saturated heterocycles. The molecule has 7 aliphatic heterocycles. The third-order valence-electron chi connectivity index (χ3n) is 13.6. The average molecular weight is 1110 g/mol. The van der Waals surface area contributed by atoms with Crippen molar-refractivity contribution < 1.29 is 71.8 Å². The van der Waals surface area contributed by atoms with Crippen LogP contribution in [0.4, 0.5) is 8.78 Å². The minimum absolute atomic E-state index is 0.00679. The monoisotopic (exact) mass is 1110 g/mol. The second-order valence-corrected chi connectivity index (χ2v) is 22.9. The lowest BCUT2D eigenvalue weighted by Gasteiger charge is -2.55. The standard InChI is InChI=1S/C53H44F2N4O13S4/c1-25-15-29(74-22-25)17-41(61)57-43-47(63)59-45(51(66)67)27(24-76-49(43)59)8-5-13-70-39-21-37-33(19-35(39)55)53(31-11-3-2-10-30(31)52(68)72-53)32-18-34(54)38(20-36(32)71-37)69-12-4-7-26-23-75-48-42(46(62)58(48)44(26)50(64)65)56-40(60)16-28-9-6-14-73-28/h2-11,14-15,18-21,25,42-43,46,48-49,62H,12-13,16-17,22-24H2,1H3,(H,56,60)(H,57,61)(H,64,65)(H,66,67)/b7-4+,8-5+. The predicted molar refractivity (Wildman–Crippen MR) is 277 cm³/mol. The Morgan fingerprint density at radius 2 is 1.45 bits per heavy atom. The number of carboxylic acids is 2. The molecule has 7 atom stereocenters. The molecule has 392 valence electrons. The molecule has 7 unspecified atom stereocenters. The van der Waals surface area contributed by atoms with Gasteiger partial charge in [0, 0.05) is 39.8 Å². The normalized spacial score (nSPS) is 24.9. The van der Waals surface area contributed by atoms with E-state index in [1.807, 2.05) is 23.6 Å². The van der Waals surface area contributed by atoms with Gasteiger partial charge in [-0.05, 0) is 63.8 Å². The van der Waals surface area contributed by atoms with Crippen molar-refractivity contribution >= 4 is 82.3 Å². The number of nitrogens with one attached hydrogen (secondary N) is 2. The molecule has 2 fully saturated rings. The maximum Gasteiger partial charge on any atom is 0.352 e. The number of thioether (sulfide) groups is 3. The van der Waals surface area contributed by atoms with Crippen molar-refractivity contribution in [3.05, 3.63) is 163 Å². The van der Waals surface area contributed by atoms with E-state index in [0.29, 0.717) is 22.6 Å². The van der Waals surface area contributed by atoms with Crippen molar-refractivity contribution in [2.45, 2.75) is 54.4 Å². The van der Waals surface area contributed by atoms with Gasteiger partial charge in [0.05, 0.1) is 29.5 Å². The van der Waals surface area contributed by atoms with E-state index >= 15 is 8.78 Å². The summed E-state index contributed by atoms with van der Waals surface area (Å²) in [5, 5.41) is 37.7. The first-order valence-corrected chi connectivity index (χ1v) is 27.7. The van der Waals surface area contributed by atoms with E-state index in [-0.39, 0.29) is 100 Å². The Balaban J connectivity index is 0.792. The highest BCUT2D eigenvalue weighted by atomic mass is 32.2. The summed E-state index contributed by atoms with van der Waals surface area (Å²) in [7, 11) is 0. The number of fused-ring (bicyclic) bond motifs is 8. The lowest BCUT2D eigenvalue weighted by molar-refractivity contribution is -0.150. The van der Waals surface area contributed by atoms with E-state index < -0.39 is 70.1 Å². The number of carbonyl (C=O) groups excluding carboxylic acids is 4. The highest BCUT2D eigenvalue weighted by molar-refractivity contribution is 8.03. The number of esters is 1. The number of benzene rings is 3. The second kappa shape index (κ2) is 20.5. The molecule has 7 aliphatic rings. The molecular formula is C53H44F2N4O13S4. The number of β-lactam (4-membered cyclic amide) rings is 1. The number of halogens is 2. The van der Waals surface area contributed by atoms with Gasteiger partial charge in [0.1, 0.15) is 58.9 Å². The van der Waals surface area contributed by atoms with E-state index in [2.05, 4.69) is 17.6 Å². The molecule has 5 N–H and O–H groups in total. The van der Waals surface area contributed by atoms with Crippen LogP contribution in [-0.2, 0) is 40.7 Å². The molecule has 76 heavy (non-hydrogen) atoms. The van der Waals surface area contributed by atoms with Gasteiger partial charge in [0.2, 0.25) is 11.8 Å². The first kappa shape index (κ1) is 51.1. The first-order valence-electron chi connectivity index (χ1n) is 23.8. The van der Waals surface area contributed by atoms with Gasteiger partial charge in [0.25, 0.3) is 5.91 Å². The van der Waals surface area contributed by atoms with E-state index in [0.717, 1.165) is 32.6 Å². The number of aliphatic hydroxyl groups is 1. The Kier molecular flexibility index (Phi) is 13.8. The number of carbonyl (C=O) groups is 6. The fourth-order valence-corrected chi connectivity index (χ4v) is 14.7. The van der Waals surface area contributed by atoms with Gasteiger partial charge >= 0.3 is 17.9 Å². The Morgan fingerprint density at radius 3 is 2.07 bits per heavy atom. The molecule has 17 nitrogen and oxygen atoms in total. The smallest absolute Gasteiger partial charge is 0.352 e. The molecule has 0 saturated carbocycles. The maximum absolute atomic E-state index is 16.2. The summed E-state index contributed by atoms with van der Waals surface area (Å²) in [6.45, 7) is 1.53. The van der Waals surface area contributed by atoms with E-state index in [1.165, 1.54) is 82.3 Å². The van der Waals surface area contributed by atoms with Gasteiger partial charge < -0.3 is 49.8 Å². The van der Waals surface area contributed by atoms with Crippen LogP contribution in [0.5, 0.6) is 23.0 Å². The molecule has 3 amide bonds. The van der Waals surface area contributed by atoms with Crippen molar-refractivity contribution in [1.29, 1.82) is 0 Å². The zero-order valence-electron chi connectivity index (χ0n) is 39.9. The fraction of sp³-hybridized carbons (Fsp3) is 0.283. The lowest BCUT2D eigenvalue weighted by Crippen LogP contribution is -2.73. The molecule has 0 bridgehead atoms. The number of rotatable bonds is 16. The molecule has 11 rings (SSSR count). The zero-order valence-corrected chi connectivity index (χ0v) is 43.1. The molecule has 0 radical (unpaired) electrons. The Bertz CT molecular complexity index is 3310. The van der Waals surface area contributed by atoms with Crippen LogP contribution in [0.25, 0.3) is 0 Å². The summed E-state index contributed by atoms with van der Waals surface area (Å²) >= 11 is 5.66. The zero-order chi connectivity index (χ0) is 53.2. The molecular weight excluding hydrogens is 1070 g/mol. The van der Waals surface area contributed by atoms with Gasteiger partial charge in [-0.3, -0.25) is 19.3 Å². The summed E-state index contributed by atoms with van der Waals surface area (Å²) in [4.78, 5) is 81.5. The lowest BCUT2D eigenvalue weighted by atomic mass is 9.77. The van der Waals surface area contributed by atoms with Crippen LogP contribution in [0.2, 0.25) is 0 Å². The summed E-state index contributed by atoms with van der Waals surface area (Å²) in [6, 6.07) is 13.2. The fourth-order valence-electron chi connectivity index (χ4n) is 10.2. The van der Waals surface area contributed by atoms with Crippen LogP contribution >= 0.6 is 46.6 Å². The van der Waals surface area contributed by atoms with Gasteiger partial charge in [-0.2, -0.15) is 0 Å². The van der Waals surface area contributed by atoms with Crippen molar-refractivity contribution in [2.24, 2.45) is 5.92 Å². The molecule has 1 spiro atoms. The van der Waals surface area contributed by atoms with Gasteiger partial charge in [-0.15, -0.1) is 46.6 Å². The summed E-state index contributed by atoms with van der Waals surface area (Å²) in [5.41, 5.74) is -1.08. The molecule has 3 aromatic carbocycles. The quantitative estimate of drug-likeness (QED) is 0.0585. The molecule has 23 heteroatoms. The van der Waals surface area contributed by atoms with Crippen LogP contribution in [-0.4, -0.2) is 120 Å². The third-order valence-corrected chi connectivity index (χ3v) is 18.4. The van der Waals surface area contributed by atoms with E-state index in [1.54, 1.807) is 30.0 Å². The second-order valence-electron chi connectivity index (χ2n) is 18.5. The number of aliphatic hydroxyl groups excluding tert-OH is 1. The minimum Gasteiger partial charge on any atom is -0.486 e. The van der Waals surface area contributed by atoms with Crippen LogP contribution < -0.4 is 24.8 Å². The SMILES string of the molecule is CC1C=C(CC(=O)NC2C(=O)N3C(C(=O)O)=C(/C=C/COc4cc5c(cc4F)C4(OC(=O)c6ccccc64)c4cc(F)c(OC/C=C/C6=C(C(=O)O)N7C(O)C(NC(=O)Cc8cccs8)C7SC6)cc4O5)CSC23)SC1. The number of ether oxygens (including phenoxy) is 4. The highest BCUT2D eigenvalue weighted by Gasteiger charge is 2.56. The summed E-state index contributed by atoms with van der Waals surface area (Å²) in [5.74, 6) is -5.26. The van der Waals surface area contributed by atoms with Gasteiger partial charge in [-0.1, -0.05) is 49.4 Å².